The first-order chi connectivity index (χ1) is 12.4. The van der Waals surface area contributed by atoms with Gasteiger partial charge in [0.25, 0.3) is 0 Å². The molecule has 2 N–H and O–H groups in total. The Labute approximate surface area is 153 Å². The monoisotopic (exact) mass is 352 g/mol. The molecule has 2 aromatic rings. The van der Waals surface area contributed by atoms with Crippen molar-refractivity contribution in [3.8, 4) is 5.75 Å². The van der Waals surface area contributed by atoms with Crippen LogP contribution in [0.3, 0.4) is 0 Å². The van der Waals surface area contributed by atoms with E-state index in [1.807, 2.05) is 6.07 Å². The lowest BCUT2D eigenvalue weighted by Gasteiger charge is -2.28. The van der Waals surface area contributed by atoms with Gasteiger partial charge in [0.15, 0.2) is 0 Å². The molecule has 1 heterocycles. The van der Waals surface area contributed by atoms with E-state index in [1.54, 1.807) is 20.1 Å². The van der Waals surface area contributed by atoms with Gasteiger partial charge in [-0.2, -0.15) is 0 Å². The molecule has 1 aliphatic rings. The highest BCUT2D eigenvalue weighted by molar-refractivity contribution is 5.98. The SMILES string of the molecule is CCC(=O)Nc1cc2c(cc1OC)C(c1cc(C)ccc1C)CC(=O)N2. The van der Waals surface area contributed by atoms with E-state index >= 15 is 0 Å². The van der Waals surface area contributed by atoms with E-state index in [0.717, 1.165) is 27.9 Å². The predicted molar refractivity (Wildman–Crippen MR) is 103 cm³/mol. The van der Waals surface area contributed by atoms with Gasteiger partial charge >= 0.3 is 0 Å². The van der Waals surface area contributed by atoms with Crippen molar-refractivity contribution in [1.82, 2.24) is 0 Å². The van der Waals surface area contributed by atoms with E-state index in [2.05, 4.69) is 42.7 Å². The average Bonchev–Trinajstić information content (AvgIpc) is 2.62. The Balaban J connectivity index is 2.12. The van der Waals surface area contributed by atoms with Crippen LogP contribution < -0.4 is 15.4 Å². The number of benzene rings is 2. The number of carbonyl (C=O) groups excluding carboxylic acids is 2. The topological polar surface area (TPSA) is 67.4 Å². The summed E-state index contributed by atoms with van der Waals surface area (Å²) in [4.78, 5) is 24.1. The Hall–Kier alpha value is -2.82. The Morgan fingerprint density at radius 1 is 1.23 bits per heavy atom. The first-order valence-electron chi connectivity index (χ1n) is 8.81. The standard InChI is InChI=1S/C21H24N2O3/c1-5-20(24)23-18-11-17-16(9-19(18)26-4)15(10-21(25)22-17)14-8-12(2)6-7-13(14)3/h6-9,11,15H,5,10H2,1-4H3,(H,22,25)(H,23,24). The second-order valence-corrected chi connectivity index (χ2v) is 6.71. The lowest BCUT2D eigenvalue weighted by atomic mass is 9.82. The Morgan fingerprint density at radius 3 is 2.69 bits per heavy atom. The molecule has 0 aromatic heterocycles. The van der Waals surface area contributed by atoms with Gasteiger partial charge in [-0.05, 0) is 42.7 Å². The Kier molecular flexibility index (Phi) is 4.98. The molecule has 5 heteroatoms. The van der Waals surface area contributed by atoms with E-state index < -0.39 is 0 Å². The summed E-state index contributed by atoms with van der Waals surface area (Å²) in [6, 6.07) is 10.0. The second kappa shape index (κ2) is 7.20. The number of hydrogen-bond acceptors (Lipinski definition) is 3. The first kappa shape index (κ1) is 18.0. The van der Waals surface area contributed by atoms with Crippen LogP contribution in [0.4, 0.5) is 11.4 Å². The molecular formula is C21H24N2O3. The van der Waals surface area contributed by atoms with E-state index in [4.69, 9.17) is 4.74 Å². The quantitative estimate of drug-likeness (QED) is 0.869. The molecule has 2 aromatic carbocycles. The Bertz CT molecular complexity index is 874. The number of amides is 2. The molecule has 1 unspecified atom stereocenters. The number of fused-ring (bicyclic) bond motifs is 1. The third kappa shape index (κ3) is 3.43. The lowest BCUT2D eigenvalue weighted by Crippen LogP contribution is -2.24. The third-order valence-corrected chi connectivity index (χ3v) is 4.82. The summed E-state index contributed by atoms with van der Waals surface area (Å²) in [5, 5.41) is 5.77. The van der Waals surface area contributed by atoms with Crippen LogP contribution in [0.2, 0.25) is 0 Å². The maximum Gasteiger partial charge on any atom is 0.225 e. The van der Waals surface area contributed by atoms with Crippen molar-refractivity contribution in [1.29, 1.82) is 0 Å². The van der Waals surface area contributed by atoms with Crippen molar-refractivity contribution in [2.24, 2.45) is 0 Å². The highest BCUT2D eigenvalue weighted by Crippen LogP contribution is 2.43. The zero-order valence-electron chi connectivity index (χ0n) is 15.6. The number of rotatable bonds is 4. The van der Waals surface area contributed by atoms with Gasteiger partial charge in [-0.3, -0.25) is 9.59 Å². The summed E-state index contributed by atoms with van der Waals surface area (Å²) in [5.41, 5.74) is 5.76. The molecule has 0 fully saturated rings. The van der Waals surface area contributed by atoms with Gasteiger partial charge in [-0.25, -0.2) is 0 Å². The summed E-state index contributed by atoms with van der Waals surface area (Å²) < 4.78 is 5.49. The number of anilines is 2. The van der Waals surface area contributed by atoms with Crippen LogP contribution in [-0.2, 0) is 9.59 Å². The summed E-state index contributed by atoms with van der Waals surface area (Å²) >= 11 is 0. The van der Waals surface area contributed by atoms with E-state index in [0.29, 0.717) is 24.3 Å². The molecule has 1 atom stereocenters. The number of hydrogen-bond donors (Lipinski definition) is 2. The molecule has 5 nitrogen and oxygen atoms in total. The molecule has 3 rings (SSSR count). The maximum absolute atomic E-state index is 12.3. The van der Waals surface area contributed by atoms with Gasteiger partial charge in [-0.1, -0.05) is 30.7 Å². The van der Waals surface area contributed by atoms with Crippen molar-refractivity contribution < 1.29 is 14.3 Å². The van der Waals surface area contributed by atoms with Crippen molar-refractivity contribution in [3.63, 3.8) is 0 Å². The average molecular weight is 352 g/mol. The molecule has 136 valence electrons. The smallest absolute Gasteiger partial charge is 0.225 e. The van der Waals surface area contributed by atoms with Gasteiger partial charge in [0.05, 0.1) is 12.8 Å². The van der Waals surface area contributed by atoms with Gasteiger partial charge in [-0.15, -0.1) is 0 Å². The highest BCUT2D eigenvalue weighted by atomic mass is 16.5. The minimum atomic E-state index is -0.100. The summed E-state index contributed by atoms with van der Waals surface area (Å²) in [6.45, 7) is 5.91. The van der Waals surface area contributed by atoms with E-state index in [-0.39, 0.29) is 17.7 Å². The van der Waals surface area contributed by atoms with Crippen molar-refractivity contribution in [2.45, 2.75) is 39.5 Å². The van der Waals surface area contributed by atoms with Crippen LogP contribution in [0.5, 0.6) is 5.75 Å². The molecule has 0 saturated heterocycles. The summed E-state index contributed by atoms with van der Waals surface area (Å²) in [7, 11) is 1.58. The molecule has 0 aliphatic carbocycles. The zero-order chi connectivity index (χ0) is 18.8. The molecular weight excluding hydrogens is 328 g/mol. The predicted octanol–water partition coefficient (Wildman–Crippen LogP) is 4.13. The maximum atomic E-state index is 12.3. The molecule has 0 bridgehead atoms. The number of aryl methyl sites for hydroxylation is 2. The lowest BCUT2D eigenvalue weighted by molar-refractivity contribution is -0.117. The molecule has 0 saturated carbocycles. The zero-order valence-corrected chi connectivity index (χ0v) is 15.6. The van der Waals surface area contributed by atoms with Crippen LogP contribution in [0.25, 0.3) is 0 Å². The fourth-order valence-electron chi connectivity index (χ4n) is 3.41. The molecule has 0 spiro atoms. The summed E-state index contributed by atoms with van der Waals surface area (Å²) in [5.74, 6) is 0.429. The van der Waals surface area contributed by atoms with Crippen molar-refractivity contribution in [3.05, 3.63) is 52.6 Å². The number of ether oxygens (including phenoxy) is 1. The summed E-state index contributed by atoms with van der Waals surface area (Å²) in [6.07, 6.45) is 0.763. The third-order valence-electron chi connectivity index (χ3n) is 4.82. The van der Waals surface area contributed by atoms with Crippen LogP contribution in [0.15, 0.2) is 30.3 Å². The molecule has 26 heavy (non-hydrogen) atoms. The highest BCUT2D eigenvalue weighted by Gasteiger charge is 2.29. The number of nitrogens with one attached hydrogen (secondary N) is 2. The Morgan fingerprint density at radius 2 is 2.00 bits per heavy atom. The van der Waals surface area contributed by atoms with E-state index in [1.165, 1.54) is 0 Å². The van der Waals surface area contributed by atoms with Crippen LogP contribution in [-0.4, -0.2) is 18.9 Å². The molecule has 2 amide bonds. The van der Waals surface area contributed by atoms with Crippen LogP contribution in [0, 0.1) is 13.8 Å². The number of methoxy groups -OCH3 is 1. The second-order valence-electron chi connectivity index (χ2n) is 6.71. The van der Waals surface area contributed by atoms with Crippen molar-refractivity contribution in [2.75, 3.05) is 17.7 Å². The fourth-order valence-corrected chi connectivity index (χ4v) is 3.41. The van der Waals surface area contributed by atoms with Crippen molar-refractivity contribution >= 4 is 23.2 Å². The van der Waals surface area contributed by atoms with Gasteiger partial charge in [0.2, 0.25) is 11.8 Å². The van der Waals surface area contributed by atoms with Gasteiger partial charge in [0, 0.05) is 24.4 Å². The normalized spacial score (nSPS) is 15.8. The van der Waals surface area contributed by atoms with Gasteiger partial charge < -0.3 is 15.4 Å². The number of carbonyl (C=O) groups is 2. The largest absolute Gasteiger partial charge is 0.495 e. The fraction of sp³-hybridized carbons (Fsp3) is 0.333. The minimum absolute atomic E-state index is 0.0265. The molecule has 0 radical (unpaired) electrons. The van der Waals surface area contributed by atoms with Gasteiger partial charge in [0.1, 0.15) is 5.75 Å². The van der Waals surface area contributed by atoms with Crippen LogP contribution in [0.1, 0.15) is 47.9 Å². The van der Waals surface area contributed by atoms with Crippen LogP contribution >= 0.6 is 0 Å². The first-order valence-corrected chi connectivity index (χ1v) is 8.81. The minimum Gasteiger partial charge on any atom is -0.495 e. The molecule has 1 aliphatic heterocycles. The van der Waals surface area contributed by atoms with E-state index in [9.17, 15) is 9.59 Å².